The van der Waals surface area contributed by atoms with Gasteiger partial charge in [-0.25, -0.2) is 0 Å². The smallest absolute Gasteiger partial charge is 0.00228 e. The van der Waals surface area contributed by atoms with Gasteiger partial charge in [0, 0.05) is 0 Å². The molecule has 1 unspecified atom stereocenters. The molecule has 3 rings (SSSR count). The normalized spacial score (nSPS) is 20.6. The van der Waals surface area contributed by atoms with Gasteiger partial charge in [-0.2, -0.15) is 0 Å². The third-order valence-corrected chi connectivity index (χ3v) is 8.07. The lowest BCUT2D eigenvalue weighted by Gasteiger charge is -2.36. The first kappa shape index (κ1) is 25.8. The van der Waals surface area contributed by atoms with Crippen LogP contribution in [0.4, 0.5) is 0 Å². The van der Waals surface area contributed by atoms with Gasteiger partial charge in [0.25, 0.3) is 0 Å². The largest absolute Gasteiger partial charge is 0.100 e. The first-order valence-electron chi connectivity index (χ1n) is 13.6. The van der Waals surface area contributed by atoms with E-state index in [0.29, 0.717) is 11.8 Å². The summed E-state index contributed by atoms with van der Waals surface area (Å²) in [6, 6.07) is 16.7. The van der Waals surface area contributed by atoms with Gasteiger partial charge in [0.2, 0.25) is 0 Å². The molecule has 0 aromatic heterocycles. The number of hydrogen-bond acceptors (Lipinski definition) is 0. The van der Waals surface area contributed by atoms with Crippen molar-refractivity contribution >= 4 is 0 Å². The highest BCUT2D eigenvalue weighted by molar-refractivity contribution is 5.40. The zero-order chi connectivity index (χ0) is 24.0. The number of hydrogen-bond donors (Lipinski definition) is 0. The number of rotatable bonds is 10. The maximum atomic E-state index is 4.17. The molecule has 2 aromatic rings. The maximum Gasteiger partial charge on any atom is -0.00228 e. The van der Waals surface area contributed by atoms with Crippen molar-refractivity contribution in [1.29, 1.82) is 0 Å². The lowest BCUT2D eigenvalue weighted by molar-refractivity contribution is 0.222. The van der Waals surface area contributed by atoms with Crippen molar-refractivity contribution in [2.24, 2.45) is 17.8 Å². The Morgan fingerprint density at radius 2 is 1.64 bits per heavy atom. The average Bonchev–Trinajstić information content (AvgIpc) is 2.78. The predicted molar refractivity (Wildman–Crippen MR) is 146 cm³/mol. The minimum Gasteiger partial charge on any atom is -0.100 e. The molecule has 2 atom stereocenters. The molecule has 0 heterocycles. The molecular weight excluding hydrogens is 396 g/mol. The molecule has 0 N–H and O–H groups in total. The summed E-state index contributed by atoms with van der Waals surface area (Å²) >= 11 is 0. The van der Waals surface area contributed by atoms with E-state index in [0.717, 1.165) is 30.6 Å². The molecule has 1 aliphatic carbocycles. The van der Waals surface area contributed by atoms with E-state index in [1.165, 1.54) is 60.8 Å². The van der Waals surface area contributed by atoms with Crippen molar-refractivity contribution in [3.8, 4) is 0 Å². The molecular formula is C33H48. The van der Waals surface area contributed by atoms with Crippen LogP contribution in [-0.2, 0) is 6.42 Å². The Balaban J connectivity index is 1.98. The van der Waals surface area contributed by atoms with Gasteiger partial charge in [0.05, 0.1) is 0 Å². The van der Waals surface area contributed by atoms with Crippen LogP contribution in [0.5, 0.6) is 0 Å². The third kappa shape index (κ3) is 7.33. The van der Waals surface area contributed by atoms with Crippen molar-refractivity contribution in [2.45, 2.75) is 105 Å². The highest BCUT2D eigenvalue weighted by atomic mass is 14.3. The van der Waals surface area contributed by atoms with Gasteiger partial charge < -0.3 is 0 Å². The van der Waals surface area contributed by atoms with Crippen molar-refractivity contribution in [2.75, 3.05) is 0 Å². The third-order valence-electron chi connectivity index (χ3n) is 8.07. The summed E-state index contributed by atoms with van der Waals surface area (Å²) in [7, 11) is 0. The Morgan fingerprint density at radius 1 is 0.970 bits per heavy atom. The second-order valence-corrected chi connectivity index (χ2v) is 11.6. The SMILES string of the molecule is C=C(C)C[C@@H](C)c1ccc(C(CC(C)C)C2CCC(CC)CC2)c(Cc2ccc(C)cc2)c1. The lowest BCUT2D eigenvalue weighted by atomic mass is 9.69. The maximum absolute atomic E-state index is 4.17. The van der Waals surface area contributed by atoms with E-state index in [2.05, 4.69) is 90.6 Å². The molecule has 2 aromatic carbocycles. The summed E-state index contributed by atoms with van der Waals surface area (Å²) in [5.74, 6) is 3.74. The summed E-state index contributed by atoms with van der Waals surface area (Å²) < 4.78 is 0. The fourth-order valence-corrected chi connectivity index (χ4v) is 6.09. The van der Waals surface area contributed by atoms with Crippen LogP contribution in [0.1, 0.15) is 119 Å². The minimum absolute atomic E-state index is 0.525. The monoisotopic (exact) mass is 444 g/mol. The van der Waals surface area contributed by atoms with E-state index >= 15 is 0 Å². The lowest BCUT2D eigenvalue weighted by Crippen LogP contribution is -2.23. The van der Waals surface area contributed by atoms with Gasteiger partial charge in [-0.15, -0.1) is 6.58 Å². The van der Waals surface area contributed by atoms with Gasteiger partial charge in [-0.3, -0.25) is 0 Å². The van der Waals surface area contributed by atoms with Crippen LogP contribution in [0.2, 0.25) is 0 Å². The molecule has 1 fully saturated rings. The van der Waals surface area contributed by atoms with Crippen LogP contribution in [0.3, 0.4) is 0 Å². The van der Waals surface area contributed by atoms with Gasteiger partial charge >= 0.3 is 0 Å². The molecule has 0 bridgehead atoms. The summed E-state index contributed by atoms with van der Waals surface area (Å²) in [6.07, 6.45) is 10.5. The Hall–Kier alpha value is -1.82. The molecule has 0 amide bonds. The standard InChI is InChI=1S/C33H48/c1-8-27-13-15-29(16-14-27)33(20-24(4)5)32-18-17-30(26(7)19-23(2)3)22-31(32)21-28-11-9-25(6)10-12-28/h9-12,17-18,22,24,26-27,29,33H,2,8,13-16,19-21H2,1,3-7H3/t26-,27?,29?,33?/m1/s1. The van der Waals surface area contributed by atoms with Crippen molar-refractivity contribution < 1.29 is 0 Å². The summed E-state index contributed by atoms with van der Waals surface area (Å²) in [6.45, 7) is 18.1. The van der Waals surface area contributed by atoms with Crippen LogP contribution in [0.15, 0.2) is 54.6 Å². The Morgan fingerprint density at radius 3 is 2.21 bits per heavy atom. The molecule has 0 radical (unpaired) electrons. The van der Waals surface area contributed by atoms with Crippen LogP contribution < -0.4 is 0 Å². The molecule has 0 heteroatoms. The van der Waals surface area contributed by atoms with Crippen molar-refractivity contribution in [1.82, 2.24) is 0 Å². The highest BCUT2D eigenvalue weighted by Crippen LogP contribution is 2.44. The van der Waals surface area contributed by atoms with E-state index in [1.54, 1.807) is 11.1 Å². The van der Waals surface area contributed by atoms with Gasteiger partial charge in [0.15, 0.2) is 0 Å². The molecule has 0 saturated heterocycles. The Kier molecular flexibility index (Phi) is 9.42. The van der Waals surface area contributed by atoms with Crippen molar-refractivity contribution in [3.05, 3.63) is 82.4 Å². The molecule has 0 spiro atoms. The molecule has 1 aliphatic rings. The van der Waals surface area contributed by atoms with E-state index in [-0.39, 0.29) is 0 Å². The summed E-state index contributed by atoms with van der Waals surface area (Å²) in [4.78, 5) is 0. The average molecular weight is 445 g/mol. The highest BCUT2D eigenvalue weighted by Gasteiger charge is 2.30. The first-order chi connectivity index (χ1) is 15.8. The second-order valence-electron chi connectivity index (χ2n) is 11.6. The van der Waals surface area contributed by atoms with Crippen LogP contribution in [0.25, 0.3) is 0 Å². The van der Waals surface area contributed by atoms with Gasteiger partial charge in [-0.05, 0) is 97.8 Å². The van der Waals surface area contributed by atoms with Crippen LogP contribution in [0, 0.1) is 24.7 Å². The zero-order valence-electron chi connectivity index (χ0n) is 22.3. The minimum atomic E-state index is 0.525. The molecule has 0 nitrogen and oxygen atoms in total. The number of benzene rings is 2. The summed E-state index contributed by atoms with van der Waals surface area (Å²) in [5, 5.41) is 0. The zero-order valence-corrected chi connectivity index (χ0v) is 22.3. The van der Waals surface area contributed by atoms with E-state index < -0.39 is 0 Å². The molecule has 33 heavy (non-hydrogen) atoms. The van der Waals surface area contributed by atoms with E-state index in [1.807, 2.05) is 0 Å². The molecule has 1 saturated carbocycles. The summed E-state index contributed by atoms with van der Waals surface area (Å²) in [5.41, 5.74) is 8.72. The fourth-order valence-electron chi connectivity index (χ4n) is 6.09. The van der Waals surface area contributed by atoms with Gasteiger partial charge in [-0.1, -0.05) is 101 Å². The topological polar surface area (TPSA) is 0 Å². The van der Waals surface area contributed by atoms with E-state index in [9.17, 15) is 0 Å². The number of allylic oxidation sites excluding steroid dienone is 1. The molecule has 180 valence electrons. The Labute approximate surface area is 204 Å². The number of aryl methyl sites for hydroxylation is 1. The fraction of sp³-hybridized carbons (Fsp3) is 0.576. The van der Waals surface area contributed by atoms with Gasteiger partial charge in [0.1, 0.15) is 0 Å². The quantitative estimate of drug-likeness (QED) is 0.320. The van der Waals surface area contributed by atoms with Crippen molar-refractivity contribution in [3.63, 3.8) is 0 Å². The Bertz CT molecular complexity index is 877. The predicted octanol–water partition coefficient (Wildman–Crippen LogP) is 10.0. The van der Waals surface area contributed by atoms with E-state index in [4.69, 9.17) is 0 Å². The molecule has 0 aliphatic heterocycles. The van der Waals surface area contributed by atoms with Crippen LogP contribution >= 0.6 is 0 Å². The second kappa shape index (κ2) is 12.0. The van der Waals surface area contributed by atoms with Crippen LogP contribution in [-0.4, -0.2) is 0 Å². The first-order valence-corrected chi connectivity index (χ1v) is 13.6.